The van der Waals surface area contributed by atoms with Crippen LogP contribution >= 0.6 is 11.8 Å². The van der Waals surface area contributed by atoms with Crippen molar-refractivity contribution in [3.8, 4) is 11.5 Å². The summed E-state index contributed by atoms with van der Waals surface area (Å²) in [4.78, 5) is 26.6. The lowest BCUT2D eigenvalue weighted by Gasteiger charge is -2.24. The number of nitrogens with zero attached hydrogens (tertiary/aromatic N) is 1. The van der Waals surface area contributed by atoms with Gasteiger partial charge in [-0.25, -0.2) is 0 Å². The number of methoxy groups -OCH3 is 2. The fourth-order valence-electron chi connectivity index (χ4n) is 3.28. The van der Waals surface area contributed by atoms with Crippen LogP contribution in [-0.2, 0) is 9.59 Å². The quantitative estimate of drug-likeness (QED) is 0.866. The summed E-state index contributed by atoms with van der Waals surface area (Å²) in [7, 11) is 3.14. The zero-order chi connectivity index (χ0) is 17.8. The third-order valence-corrected chi connectivity index (χ3v) is 5.79. The number of anilines is 1. The van der Waals surface area contributed by atoms with E-state index in [2.05, 4.69) is 5.32 Å². The van der Waals surface area contributed by atoms with E-state index in [-0.39, 0.29) is 30.2 Å². The molecule has 2 aliphatic heterocycles. The average molecular weight is 364 g/mol. The molecule has 0 spiro atoms. The van der Waals surface area contributed by atoms with Crippen molar-refractivity contribution < 1.29 is 19.1 Å². The van der Waals surface area contributed by atoms with E-state index in [1.165, 1.54) is 0 Å². The molecule has 6 nitrogen and oxygen atoms in total. The molecular weight excluding hydrogens is 340 g/mol. The molecule has 0 radical (unpaired) electrons. The number of carbonyl (C=O) groups is 2. The Labute approximate surface area is 152 Å². The molecule has 2 fully saturated rings. The Kier molecular flexibility index (Phi) is 5.73. The second kappa shape index (κ2) is 7.99. The first kappa shape index (κ1) is 17.9. The Hall–Kier alpha value is -1.89. The number of hydrogen-bond acceptors (Lipinski definition) is 5. The highest BCUT2D eigenvalue weighted by atomic mass is 32.2. The Morgan fingerprint density at radius 3 is 2.68 bits per heavy atom. The Morgan fingerprint density at radius 2 is 2.00 bits per heavy atom. The second-order valence-electron chi connectivity index (χ2n) is 6.34. The molecule has 1 unspecified atom stereocenters. The summed E-state index contributed by atoms with van der Waals surface area (Å²) in [6.45, 7) is 0.384. The lowest BCUT2D eigenvalue weighted by Crippen LogP contribution is -2.41. The van der Waals surface area contributed by atoms with Gasteiger partial charge >= 0.3 is 0 Å². The van der Waals surface area contributed by atoms with E-state index in [4.69, 9.17) is 9.47 Å². The molecule has 1 atom stereocenters. The van der Waals surface area contributed by atoms with Crippen LogP contribution in [0.5, 0.6) is 11.5 Å². The van der Waals surface area contributed by atoms with Gasteiger partial charge in [0.1, 0.15) is 11.5 Å². The van der Waals surface area contributed by atoms with Crippen molar-refractivity contribution in [1.29, 1.82) is 0 Å². The fraction of sp³-hybridized carbons (Fsp3) is 0.556. The minimum Gasteiger partial charge on any atom is -0.497 e. The van der Waals surface area contributed by atoms with Gasteiger partial charge in [-0.05, 0) is 36.5 Å². The molecule has 0 saturated carbocycles. The minimum atomic E-state index is -0.311. The Morgan fingerprint density at radius 1 is 1.24 bits per heavy atom. The van der Waals surface area contributed by atoms with E-state index in [0.29, 0.717) is 23.7 Å². The monoisotopic (exact) mass is 364 g/mol. The largest absolute Gasteiger partial charge is 0.497 e. The van der Waals surface area contributed by atoms with Gasteiger partial charge in [0.05, 0.1) is 25.8 Å². The summed E-state index contributed by atoms with van der Waals surface area (Å²) >= 11 is 1.93. The van der Waals surface area contributed by atoms with E-state index < -0.39 is 0 Å². The number of ether oxygens (including phenoxy) is 2. The smallest absolute Gasteiger partial charge is 0.227 e. The molecule has 2 heterocycles. The van der Waals surface area contributed by atoms with Crippen LogP contribution < -0.4 is 19.7 Å². The van der Waals surface area contributed by atoms with Crippen molar-refractivity contribution in [3.05, 3.63) is 18.2 Å². The third kappa shape index (κ3) is 4.03. The lowest BCUT2D eigenvalue weighted by atomic mass is 10.1. The van der Waals surface area contributed by atoms with Gasteiger partial charge in [-0.15, -0.1) is 0 Å². The molecule has 2 amide bonds. The van der Waals surface area contributed by atoms with Crippen LogP contribution in [0.1, 0.15) is 19.3 Å². The molecule has 2 aliphatic rings. The highest BCUT2D eigenvalue weighted by molar-refractivity contribution is 7.99. The molecule has 1 aromatic rings. The molecule has 1 aromatic carbocycles. The summed E-state index contributed by atoms with van der Waals surface area (Å²) in [6.07, 6.45) is 2.25. The molecule has 136 valence electrons. The highest BCUT2D eigenvalue weighted by Gasteiger charge is 2.37. The van der Waals surface area contributed by atoms with Gasteiger partial charge in [-0.2, -0.15) is 11.8 Å². The minimum absolute atomic E-state index is 0.0137. The SMILES string of the molecule is COc1ccc(N2CC(C(=O)NC3CCSCC3)CC2=O)c(OC)c1. The Balaban J connectivity index is 1.68. The topological polar surface area (TPSA) is 67.9 Å². The van der Waals surface area contributed by atoms with Gasteiger partial charge < -0.3 is 19.7 Å². The summed E-state index contributed by atoms with van der Waals surface area (Å²) < 4.78 is 10.6. The van der Waals surface area contributed by atoms with E-state index in [9.17, 15) is 9.59 Å². The molecule has 1 N–H and O–H groups in total. The first-order valence-electron chi connectivity index (χ1n) is 8.53. The van der Waals surface area contributed by atoms with Crippen molar-refractivity contribution in [3.63, 3.8) is 0 Å². The molecule has 3 rings (SSSR count). The van der Waals surface area contributed by atoms with E-state index in [0.717, 1.165) is 24.3 Å². The number of thioether (sulfide) groups is 1. The molecule has 25 heavy (non-hydrogen) atoms. The van der Waals surface area contributed by atoms with Gasteiger partial charge in [0, 0.05) is 25.1 Å². The van der Waals surface area contributed by atoms with Crippen molar-refractivity contribution >= 4 is 29.3 Å². The van der Waals surface area contributed by atoms with Crippen LogP contribution in [0.4, 0.5) is 5.69 Å². The maximum Gasteiger partial charge on any atom is 0.227 e. The summed E-state index contributed by atoms with van der Waals surface area (Å²) in [5.41, 5.74) is 0.678. The van der Waals surface area contributed by atoms with Crippen molar-refractivity contribution in [2.75, 3.05) is 37.2 Å². The van der Waals surface area contributed by atoms with Crippen LogP contribution in [0.3, 0.4) is 0 Å². The summed E-state index contributed by atoms with van der Waals surface area (Å²) in [5, 5.41) is 3.12. The maximum absolute atomic E-state index is 12.5. The fourth-order valence-corrected chi connectivity index (χ4v) is 4.39. The van der Waals surface area contributed by atoms with Gasteiger partial charge in [0.2, 0.25) is 11.8 Å². The van der Waals surface area contributed by atoms with Crippen LogP contribution in [-0.4, -0.2) is 50.1 Å². The number of nitrogens with one attached hydrogen (secondary N) is 1. The first-order chi connectivity index (χ1) is 12.1. The lowest BCUT2D eigenvalue weighted by molar-refractivity contribution is -0.127. The molecule has 0 bridgehead atoms. The van der Waals surface area contributed by atoms with Gasteiger partial charge in [0.25, 0.3) is 0 Å². The van der Waals surface area contributed by atoms with Crippen molar-refractivity contribution in [2.45, 2.75) is 25.3 Å². The zero-order valence-corrected chi connectivity index (χ0v) is 15.4. The van der Waals surface area contributed by atoms with Crippen molar-refractivity contribution in [1.82, 2.24) is 5.32 Å². The first-order valence-corrected chi connectivity index (χ1v) is 9.68. The number of rotatable bonds is 5. The maximum atomic E-state index is 12.5. The molecule has 0 aliphatic carbocycles. The summed E-state index contributed by atoms with van der Waals surface area (Å²) in [5.74, 6) is 3.03. The van der Waals surface area contributed by atoms with E-state index >= 15 is 0 Å². The third-order valence-electron chi connectivity index (χ3n) is 4.74. The van der Waals surface area contributed by atoms with Gasteiger partial charge in [-0.1, -0.05) is 0 Å². The predicted molar refractivity (Wildman–Crippen MR) is 98.5 cm³/mol. The summed E-state index contributed by atoms with van der Waals surface area (Å²) in [6, 6.07) is 5.58. The second-order valence-corrected chi connectivity index (χ2v) is 7.56. The molecule has 0 aromatic heterocycles. The van der Waals surface area contributed by atoms with E-state index in [1.54, 1.807) is 37.3 Å². The van der Waals surface area contributed by atoms with Gasteiger partial charge in [-0.3, -0.25) is 9.59 Å². The van der Waals surface area contributed by atoms with Crippen LogP contribution in [0.25, 0.3) is 0 Å². The molecule has 7 heteroatoms. The number of benzene rings is 1. The number of hydrogen-bond donors (Lipinski definition) is 1. The average Bonchev–Trinajstić information content (AvgIpc) is 3.03. The number of carbonyl (C=O) groups excluding carboxylic acids is 2. The molecule has 2 saturated heterocycles. The van der Waals surface area contributed by atoms with Crippen LogP contribution in [0, 0.1) is 5.92 Å². The highest BCUT2D eigenvalue weighted by Crippen LogP contribution is 2.35. The van der Waals surface area contributed by atoms with Gasteiger partial charge in [0.15, 0.2) is 0 Å². The van der Waals surface area contributed by atoms with E-state index in [1.807, 2.05) is 11.8 Å². The Bertz CT molecular complexity index is 646. The predicted octanol–water partition coefficient (Wildman–Crippen LogP) is 2.07. The van der Waals surface area contributed by atoms with Crippen LogP contribution in [0.2, 0.25) is 0 Å². The molecular formula is C18H24N2O4S. The number of amides is 2. The van der Waals surface area contributed by atoms with Crippen molar-refractivity contribution in [2.24, 2.45) is 5.92 Å². The standard InChI is InChI=1S/C18H24N2O4S/c1-23-14-3-4-15(16(10-14)24-2)20-11-12(9-17(20)21)18(22)19-13-5-7-25-8-6-13/h3-4,10,12-13H,5-9,11H2,1-2H3,(H,19,22). The van der Waals surface area contributed by atoms with Crippen LogP contribution in [0.15, 0.2) is 18.2 Å². The normalized spacial score (nSPS) is 21.3. The zero-order valence-electron chi connectivity index (χ0n) is 14.6.